The van der Waals surface area contributed by atoms with Gasteiger partial charge in [-0.2, -0.15) is 9.40 Å². The SMILES string of the molecule is CCCc1nn(C)c2c(=O)[nH]c(-c3cc(S(=O)(=O)N4CCN(c5cccnc5)CC4)ccc3OCC)nc12. The van der Waals surface area contributed by atoms with Crippen LogP contribution in [0.25, 0.3) is 22.4 Å². The molecule has 0 radical (unpaired) electrons. The zero-order valence-corrected chi connectivity index (χ0v) is 22.5. The molecule has 0 atom stereocenters. The molecule has 0 saturated carbocycles. The van der Waals surface area contributed by atoms with Gasteiger partial charge >= 0.3 is 0 Å². The van der Waals surface area contributed by atoms with Gasteiger partial charge in [0, 0.05) is 39.4 Å². The molecule has 3 aromatic heterocycles. The standard InChI is InChI=1S/C26H31N7O4S/c1-4-7-21-23-24(31(3)30-21)26(34)29-25(28-23)20-16-19(9-10-22(20)37-5-2)38(35,36)33-14-12-32(13-15-33)18-8-6-11-27-17-18/h6,8-11,16-17H,4-5,7,12-15H2,1-3H3,(H,28,29,34). The van der Waals surface area contributed by atoms with Crippen LogP contribution in [0.1, 0.15) is 26.0 Å². The molecule has 200 valence electrons. The van der Waals surface area contributed by atoms with Crippen LogP contribution < -0.4 is 15.2 Å². The summed E-state index contributed by atoms with van der Waals surface area (Å²) in [6.07, 6.45) is 5.01. The van der Waals surface area contributed by atoms with Crippen LogP contribution in [-0.4, -0.2) is 70.2 Å². The molecule has 0 bridgehead atoms. The van der Waals surface area contributed by atoms with Gasteiger partial charge in [-0.1, -0.05) is 13.3 Å². The van der Waals surface area contributed by atoms with Crippen molar-refractivity contribution in [3.8, 4) is 17.1 Å². The molecule has 1 saturated heterocycles. The summed E-state index contributed by atoms with van der Waals surface area (Å²) in [7, 11) is -2.08. The second-order valence-electron chi connectivity index (χ2n) is 9.13. The second kappa shape index (κ2) is 10.5. The summed E-state index contributed by atoms with van der Waals surface area (Å²) in [5.74, 6) is 0.686. The lowest BCUT2D eigenvalue weighted by Gasteiger charge is -2.35. The van der Waals surface area contributed by atoms with E-state index in [0.29, 0.717) is 61.6 Å². The summed E-state index contributed by atoms with van der Waals surface area (Å²) in [4.78, 5) is 27.0. The van der Waals surface area contributed by atoms with E-state index in [1.54, 1.807) is 31.6 Å². The number of anilines is 1. The van der Waals surface area contributed by atoms with Crippen LogP contribution in [-0.2, 0) is 23.5 Å². The fourth-order valence-corrected chi connectivity index (χ4v) is 6.24. The first-order chi connectivity index (χ1) is 18.3. The normalized spacial score (nSPS) is 14.8. The maximum atomic E-state index is 13.7. The van der Waals surface area contributed by atoms with Gasteiger partial charge in [-0.3, -0.25) is 14.5 Å². The fraction of sp³-hybridized carbons (Fsp3) is 0.385. The van der Waals surface area contributed by atoms with E-state index in [0.717, 1.165) is 17.8 Å². The van der Waals surface area contributed by atoms with Crippen LogP contribution in [0.3, 0.4) is 0 Å². The van der Waals surface area contributed by atoms with E-state index in [4.69, 9.17) is 9.72 Å². The quantitative estimate of drug-likeness (QED) is 0.364. The summed E-state index contributed by atoms with van der Waals surface area (Å²) in [6.45, 7) is 6.05. The first-order valence-corrected chi connectivity index (χ1v) is 14.2. The summed E-state index contributed by atoms with van der Waals surface area (Å²) >= 11 is 0. The van der Waals surface area contributed by atoms with E-state index < -0.39 is 10.0 Å². The number of benzene rings is 1. The maximum absolute atomic E-state index is 13.7. The highest BCUT2D eigenvalue weighted by Crippen LogP contribution is 2.32. The largest absolute Gasteiger partial charge is 0.493 e. The number of sulfonamides is 1. The van der Waals surface area contributed by atoms with Crippen LogP contribution >= 0.6 is 0 Å². The minimum atomic E-state index is -3.80. The van der Waals surface area contributed by atoms with Crippen LogP contribution in [0.4, 0.5) is 5.69 Å². The number of pyridine rings is 1. The van der Waals surface area contributed by atoms with Gasteiger partial charge in [-0.25, -0.2) is 13.4 Å². The number of aromatic amines is 1. The third-order valence-electron chi connectivity index (χ3n) is 6.64. The lowest BCUT2D eigenvalue weighted by Crippen LogP contribution is -2.48. The Morgan fingerprint density at radius 3 is 2.58 bits per heavy atom. The fourth-order valence-electron chi connectivity index (χ4n) is 4.79. The number of hydrogen-bond donors (Lipinski definition) is 1. The number of H-pyrrole nitrogens is 1. The minimum Gasteiger partial charge on any atom is -0.493 e. The molecule has 4 aromatic rings. The van der Waals surface area contributed by atoms with Crippen molar-refractivity contribution in [1.29, 1.82) is 0 Å². The van der Waals surface area contributed by atoms with Crippen molar-refractivity contribution < 1.29 is 13.2 Å². The monoisotopic (exact) mass is 537 g/mol. The predicted molar refractivity (Wildman–Crippen MR) is 145 cm³/mol. The highest BCUT2D eigenvalue weighted by Gasteiger charge is 2.30. The summed E-state index contributed by atoms with van der Waals surface area (Å²) in [5, 5.41) is 4.47. The Kier molecular flexibility index (Phi) is 7.17. The van der Waals surface area contributed by atoms with Gasteiger partial charge in [0.25, 0.3) is 5.56 Å². The molecule has 4 heterocycles. The average Bonchev–Trinajstić information content (AvgIpc) is 3.25. The molecule has 1 aliphatic heterocycles. The van der Waals surface area contributed by atoms with Crippen LogP contribution in [0.15, 0.2) is 52.4 Å². The Hall–Kier alpha value is -3.77. The zero-order chi connectivity index (χ0) is 26.9. The highest BCUT2D eigenvalue weighted by molar-refractivity contribution is 7.89. The number of ether oxygens (including phenoxy) is 1. The Morgan fingerprint density at radius 1 is 1.11 bits per heavy atom. The number of aromatic nitrogens is 5. The van der Waals surface area contributed by atoms with E-state index in [1.165, 1.54) is 15.1 Å². The topological polar surface area (TPSA) is 126 Å². The first kappa shape index (κ1) is 25.9. The van der Waals surface area contributed by atoms with Crippen molar-refractivity contribution in [2.24, 2.45) is 7.05 Å². The van der Waals surface area contributed by atoms with Crippen molar-refractivity contribution in [3.05, 3.63) is 58.8 Å². The molecule has 0 spiro atoms. The molecule has 1 fully saturated rings. The molecule has 0 amide bonds. The Morgan fingerprint density at radius 2 is 1.89 bits per heavy atom. The smallest absolute Gasteiger partial charge is 0.277 e. The first-order valence-electron chi connectivity index (χ1n) is 12.7. The summed E-state index contributed by atoms with van der Waals surface area (Å²) in [6, 6.07) is 8.54. The van der Waals surface area contributed by atoms with E-state index in [2.05, 4.69) is 20.0 Å². The number of fused-ring (bicyclic) bond motifs is 1. The van der Waals surface area contributed by atoms with E-state index in [1.807, 2.05) is 26.0 Å². The van der Waals surface area contributed by atoms with Crippen LogP contribution in [0.2, 0.25) is 0 Å². The highest BCUT2D eigenvalue weighted by atomic mass is 32.2. The van der Waals surface area contributed by atoms with Gasteiger partial charge in [-0.15, -0.1) is 0 Å². The number of nitrogens with zero attached hydrogens (tertiary/aromatic N) is 6. The van der Waals surface area contributed by atoms with Gasteiger partial charge in [0.15, 0.2) is 5.52 Å². The molecule has 11 nitrogen and oxygen atoms in total. The van der Waals surface area contributed by atoms with E-state index in [9.17, 15) is 13.2 Å². The number of piperazine rings is 1. The molecule has 1 N–H and O–H groups in total. The third-order valence-corrected chi connectivity index (χ3v) is 8.54. The molecule has 38 heavy (non-hydrogen) atoms. The van der Waals surface area contributed by atoms with Crippen LogP contribution in [0.5, 0.6) is 5.75 Å². The molecule has 1 aliphatic rings. The lowest BCUT2D eigenvalue weighted by molar-refractivity contribution is 0.341. The van der Waals surface area contributed by atoms with Gasteiger partial charge in [-0.05, 0) is 43.7 Å². The van der Waals surface area contributed by atoms with E-state index >= 15 is 0 Å². The number of aryl methyl sites for hydroxylation is 2. The minimum absolute atomic E-state index is 0.119. The Labute approximate surface area is 221 Å². The molecule has 0 aliphatic carbocycles. The van der Waals surface area contributed by atoms with E-state index in [-0.39, 0.29) is 16.3 Å². The third kappa shape index (κ3) is 4.76. The van der Waals surface area contributed by atoms with Crippen molar-refractivity contribution in [3.63, 3.8) is 0 Å². The molecule has 12 heteroatoms. The second-order valence-corrected chi connectivity index (χ2v) is 11.1. The Bertz CT molecular complexity index is 1610. The molecular formula is C26H31N7O4S. The summed E-state index contributed by atoms with van der Waals surface area (Å²) < 4.78 is 36.1. The van der Waals surface area contributed by atoms with Gasteiger partial charge in [0.2, 0.25) is 10.0 Å². The average molecular weight is 538 g/mol. The van der Waals surface area contributed by atoms with Crippen molar-refractivity contribution in [1.82, 2.24) is 29.0 Å². The van der Waals surface area contributed by atoms with Crippen LogP contribution in [0, 0.1) is 0 Å². The molecular weight excluding hydrogens is 506 g/mol. The predicted octanol–water partition coefficient (Wildman–Crippen LogP) is 2.58. The molecule has 0 unspecified atom stereocenters. The zero-order valence-electron chi connectivity index (χ0n) is 21.7. The lowest BCUT2D eigenvalue weighted by atomic mass is 10.1. The Balaban J connectivity index is 1.51. The van der Waals surface area contributed by atoms with Gasteiger partial charge < -0.3 is 14.6 Å². The number of nitrogens with one attached hydrogen (secondary N) is 1. The van der Waals surface area contributed by atoms with Crippen molar-refractivity contribution in [2.75, 3.05) is 37.7 Å². The van der Waals surface area contributed by atoms with Gasteiger partial charge in [0.05, 0.1) is 34.6 Å². The van der Waals surface area contributed by atoms with Crippen molar-refractivity contribution >= 4 is 26.7 Å². The molecule has 1 aromatic carbocycles. The molecule has 5 rings (SSSR count). The number of hydrogen-bond acceptors (Lipinski definition) is 8. The van der Waals surface area contributed by atoms with Crippen molar-refractivity contribution in [2.45, 2.75) is 31.6 Å². The maximum Gasteiger partial charge on any atom is 0.277 e. The van der Waals surface area contributed by atoms with Gasteiger partial charge in [0.1, 0.15) is 17.1 Å². The summed E-state index contributed by atoms with van der Waals surface area (Å²) in [5.41, 5.74) is 2.65. The number of rotatable bonds is 8.